The van der Waals surface area contributed by atoms with Gasteiger partial charge in [-0.2, -0.15) is 0 Å². The number of hydrogen-bond donors (Lipinski definition) is 1. The van der Waals surface area contributed by atoms with Gasteiger partial charge < -0.3 is 10.2 Å². The first-order chi connectivity index (χ1) is 14.8. The van der Waals surface area contributed by atoms with E-state index in [1.165, 1.54) is 5.56 Å². The molecule has 0 aliphatic carbocycles. The highest BCUT2D eigenvalue weighted by atomic mass is 79.9. The van der Waals surface area contributed by atoms with Crippen LogP contribution >= 0.6 is 15.9 Å². The van der Waals surface area contributed by atoms with Crippen molar-refractivity contribution in [1.29, 1.82) is 0 Å². The Kier molecular flexibility index (Phi) is 8.23. The number of amides is 2. The van der Waals surface area contributed by atoms with Gasteiger partial charge in [0.25, 0.3) is 0 Å². The second-order valence-corrected chi connectivity index (χ2v) is 9.19. The molecule has 0 bridgehead atoms. The normalized spacial score (nSPS) is 14.7. The standard InChI is InChI=1S/C24H31BrN4O2/c1-18-5-4-6-19(2)24(18)26-22(30)16-28-11-13-29(14-12-28)23(31)17-27(3)15-20-7-9-21(25)10-8-20/h4-10H,11-17H2,1-3H3,(H,26,30). The second kappa shape index (κ2) is 10.9. The molecule has 0 saturated carbocycles. The van der Waals surface area contributed by atoms with Crippen molar-refractivity contribution < 1.29 is 9.59 Å². The van der Waals surface area contributed by atoms with Gasteiger partial charge in [0.2, 0.25) is 11.8 Å². The van der Waals surface area contributed by atoms with Gasteiger partial charge in [-0.15, -0.1) is 0 Å². The van der Waals surface area contributed by atoms with E-state index in [1.54, 1.807) is 0 Å². The summed E-state index contributed by atoms with van der Waals surface area (Å²) in [5.74, 6) is 0.130. The molecule has 0 aromatic heterocycles. The van der Waals surface area contributed by atoms with Crippen molar-refractivity contribution >= 4 is 33.4 Å². The van der Waals surface area contributed by atoms with Gasteiger partial charge in [-0.1, -0.05) is 46.3 Å². The van der Waals surface area contributed by atoms with E-state index >= 15 is 0 Å². The number of nitrogens with one attached hydrogen (secondary N) is 1. The van der Waals surface area contributed by atoms with Crippen LogP contribution < -0.4 is 5.32 Å². The van der Waals surface area contributed by atoms with Gasteiger partial charge >= 0.3 is 0 Å². The van der Waals surface area contributed by atoms with Crippen molar-refractivity contribution in [2.24, 2.45) is 0 Å². The number of likely N-dealkylation sites (N-methyl/N-ethyl adjacent to an activating group) is 1. The predicted octanol–water partition coefficient (Wildman–Crippen LogP) is 3.28. The number of para-hydroxylation sites is 1. The minimum atomic E-state index is -0.00796. The number of aryl methyl sites for hydroxylation is 2. The number of piperazine rings is 1. The third kappa shape index (κ3) is 6.89. The number of nitrogens with zero attached hydrogens (tertiary/aromatic N) is 3. The predicted molar refractivity (Wildman–Crippen MR) is 128 cm³/mol. The lowest BCUT2D eigenvalue weighted by Gasteiger charge is -2.35. The molecule has 0 spiro atoms. The molecule has 0 unspecified atom stereocenters. The Morgan fingerprint density at radius 3 is 2.23 bits per heavy atom. The number of halogens is 1. The Bertz CT molecular complexity index is 888. The van der Waals surface area contributed by atoms with Crippen molar-refractivity contribution in [3.8, 4) is 0 Å². The van der Waals surface area contributed by atoms with Crippen LogP contribution in [0, 0.1) is 13.8 Å². The first kappa shape index (κ1) is 23.4. The number of hydrogen-bond acceptors (Lipinski definition) is 4. The van der Waals surface area contributed by atoms with E-state index in [2.05, 4.69) is 38.3 Å². The van der Waals surface area contributed by atoms with Crippen molar-refractivity contribution in [3.63, 3.8) is 0 Å². The molecule has 166 valence electrons. The topological polar surface area (TPSA) is 55.9 Å². The lowest BCUT2D eigenvalue weighted by molar-refractivity contribution is -0.134. The van der Waals surface area contributed by atoms with E-state index in [4.69, 9.17) is 0 Å². The summed E-state index contributed by atoms with van der Waals surface area (Å²) in [6.45, 7) is 8.20. The lowest BCUT2D eigenvalue weighted by Crippen LogP contribution is -2.52. The van der Waals surface area contributed by atoms with Gasteiger partial charge in [0.1, 0.15) is 0 Å². The summed E-state index contributed by atoms with van der Waals surface area (Å²) in [5.41, 5.74) is 4.21. The number of carbonyl (C=O) groups excluding carboxylic acids is 2. The Labute approximate surface area is 193 Å². The molecule has 1 aliphatic rings. The Hall–Kier alpha value is -2.22. The van der Waals surface area contributed by atoms with Crippen LogP contribution in [0.15, 0.2) is 46.9 Å². The van der Waals surface area contributed by atoms with Crippen LogP contribution in [-0.4, -0.2) is 72.8 Å². The molecular formula is C24H31BrN4O2. The van der Waals surface area contributed by atoms with Gasteiger partial charge in [-0.05, 0) is 49.7 Å². The molecule has 1 fully saturated rings. The van der Waals surface area contributed by atoms with Gasteiger partial charge in [-0.25, -0.2) is 0 Å². The third-order valence-corrected chi connectivity index (χ3v) is 6.14. The molecule has 1 heterocycles. The zero-order valence-electron chi connectivity index (χ0n) is 18.5. The van der Waals surface area contributed by atoms with Crippen LogP contribution in [0.1, 0.15) is 16.7 Å². The summed E-state index contributed by atoms with van der Waals surface area (Å²) >= 11 is 3.44. The minimum Gasteiger partial charge on any atom is -0.339 e. The Balaban J connectivity index is 1.41. The Morgan fingerprint density at radius 2 is 1.61 bits per heavy atom. The molecule has 6 nitrogen and oxygen atoms in total. The average molecular weight is 487 g/mol. The summed E-state index contributed by atoms with van der Waals surface area (Å²) in [6.07, 6.45) is 0. The molecule has 31 heavy (non-hydrogen) atoms. The average Bonchev–Trinajstić information content (AvgIpc) is 2.73. The first-order valence-corrected chi connectivity index (χ1v) is 11.4. The van der Waals surface area contributed by atoms with E-state index < -0.39 is 0 Å². The fraction of sp³-hybridized carbons (Fsp3) is 0.417. The molecular weight excluding hydrogens is 456 g/mol. The second-order valence-electron chi connectivity index (χ2n) is 8.27. The lowest BCUT2D eigenvalue weighted by atomic mass is 10.1. The Morgan fingerprint density at radius 1 is 1.00 bits per heavy atom. The highest BCUT2D eigenvalue weighted by Crippen LogP contribution is 2.19. The number of benzene rings is 2. The van der Waals surface area contributed by atoms with Crippen molar-refractivity contribution in [2.75, 3.05) is 51.6 Å². The van der Waals surface area contributed by atoms with E-state index in [0.717, 1.165) is 27.8 Å². The monoisotopic (exact) mass is 486 g/mol. The highest BCUT2D eigenvalue weighted by molar-refractivity contribution is 9.10. The van der Waals surface area contributed by atoms with E-state index in [9.17, 15) is 9.59 Å². The largest absolute Gasteiger partial charge is 0.339 e. The van der Waals surface area contributed by atoms with Crippen molar-refractivity contribution in [1.82, 2.24) is 14.7 Å². The SMILES string of the molecule is Cc1cccc(C)c1NC(=O)CN1CCN(C(=O)CN(C)Cc2ccc(Br)cc2)CC1. The molecule has 0 atom stereocenters. The summed E-state index contributed by atoms with van der Waals surface area (Å²) in [6, 6.07) is 14.1. The van der Waals surface area contributed by atoms with Gasteiger partial charge in [0.15, 0.2) is 0 Å². The zero-order chi connectivity index (χ0) is 22.4. The number of rotatable bonds is 7. The van der Waals surface area contributed by atoms with Crippen molar-refractivity contribution in [2.45, 2.75) is 20.4 Å². The summed E-state index contributed by atoms with van der Waals surface area (Å²) in [7, 11) is 1.97. The first-order valence-electron chi connectivity index (χ1n) is 10.6. The molecule has 1 aliphatic heterocycles. The van der Waals surface area contributed by atoms with E-state index in [-0.39, 0.29) is 11.8 Å². The molecule has 0 radical (unpaired) electrons. The van der Waals surface area contributed by atoms with Gasteiger partial charge in [0.05, 0.1) is 13.1 Å². The van der Waals surface area contributed by atoms with Crippen LogP contribution in [0.25, 0.3) is 0 Å². The van der Waals surface area contributed by atoms with Crippen LogP contribution in [0.2, 0.25) is 0 Å². The maximum absolute atomic E-state index is 12.7. The maximum atomic E-state index is 12.7. The van der Waals surface area contributed by atoms with Gasteiger partial charge in [0, 0.05) is 42.9 Å². The van der Waals surface area contributed by atoms with E-state index in [0.29, 0.717) is 39.3 Å². The van der Waals surface area contributed by atoms with Crippen molar-refractivity contribution in [3.05, 3.63) is 63.6 Å². The molecule has 3 rings (SSSR count). The fourth-order valence-electron chi connectivity index (χ4n) is 3.84. The van der Waals surface area contributed by atoms with Crippen LogP contribution in [-0.2, 0) is 16.1 Å². The summed E-state index contributed by atoms with van der Waals surface area (Å²) in [5, 5.41) is 3.04. The molecule has 2 aromatic carbocycles. The fourth-order valence-corrected chi connectivity index (χ4v) is 4.10. The van der Waals surface area contributed by atoms with Crippen LogP contribution in [0.3, 0.4) is 0 Å². The highest BCUT2D eigenvalue weighted by Gasteiger charge is 2.23. The minimum absolute atomic E-state index is 0.00796. The molecule has 1 saturated heterocycles. The quantitative estimate of drug-likeness (QED) is 0.652. The smallest absolute Gasteiger partial charge is 0.238 e. The summed E-state index contributed by atoms with van der Waals surface area (Å²) < 4.78 is 1.05. The number of carbonyl (C=O) groups is 2. The summed E-state index contributed by atoms with van der Waals surface area (Å²) in [4.78, 5) is 31.2. The van der Waals surface area contributed by atoms with E-state index in [1.807, 2.05) is 61.0 Å². The molecule has 7 heteroatoms. The maximum Gasteiger partial charge on any atom is 0.238 e. The van der Waals surface area contributed by atoms with Crippen LogP contribution in [0.5, 0.6) is 0 Å². The van der Waals surface area contributed by atoms with Crippen LogP contribution in [0.4, 0.5) is 5.69 Å². The molecule has 2 amide bonds. The zero-order valence-corrected chi connectivity index (χ0v) is 20.1. The number of anilines is 1. The molecule has 2 aromatic rings. The molecule has 1 N–H and O–H groups in total. The third-order valence-electron chi connectivity index (χ3n) is 5.61. The van der Waals surface area contributed by atoms with Gasteiger partial charge in [-0.3, -0.25) is 19.4 Å².